The van der Waals surface area contributed by atoms with Crippen molar-refractivity contribution in [2.24, 2.45) is 0 Å². The highest BCUT2D eigenvalue weighted by Gasteiger charge is 2.18. The van der Waals surface area contributed by atoms with Crippen molar-refractivity contribution in [2.75, 3.05) is 19.6 Å². The van der Waals surface area contributed by atoms with Crippen LogP contribution in [0.4, 0.5) is 0 Å². The number of nitrogens with one attached hydrogen (secondary N) is 2. The Bertz CT molecular complexity index is 727. The van der Waals surface area contributed by atoms with Crippen molar-refractivity contribution in [3.05, 3.63) is 35.0 Å². The van der Waals surface area contributed by atoms with Crippen molar-refractivity contribution in [1.82, 2.24) is 15.2 Å². The topological polar surface area (TPSA) is 65.2 Å². The molecule has 0 unspecified atom stereocenters. The van der Waals surface area contributed by atoms with E-state index in [0.717, 1.165) is 48.1 Å². The third-order valence-electron chi connectivity index (χ3n) is 4.43. The molecule has 116 valence electrons. The van der Waals surface area contributed by atoms with Crippen LogP contribution in [0.5, 0.6) is 0 Å². The molecule has 0 spiro atoms. The molecule has 0 atom stereocenters. The summed E-state index contributed by atoms with van der Waals surface area (Å²) < 4.78 is 0. The first-order valence-corrected chi connectivity index (χ1v) is 7.71. The zero-order valence-corrected chi connectivity index (χ0v) is 13.0. The summed E-state index contributed by atoms with van der Waals surface area (Å²) in [6, 6.07) is 5.57. The van der Waals surface area contributed by atoms with Gasteiger partial charge in [-0.3, -0.25) is 9.59 Å². The molecule has 1 aromatic heterocycles. The molecule has 22 heavy (non-hydrogen) atoms. The number of likely N-dealkylation sites (tertiary alicyclic amines) is 1. The number of hydrogen-bond donors (Lipinski definition) is 2. The molecule has 0 aliphatic carbocycles. The molecular formula is C17H21N3O2. The largest absolute Gasteiger partial charge is 0.358 e. The van der Waals surface area contributed by atoms with Gasteiger partial charge in [-0.05, 0) is 50.5 Å². The van der Waals surface area contributed by atoms with E-state index in [1.165, 1.54) is 0 Å². The van der Waals surface area contributed by atoms with E-state index in [2.05, 4.69) is 10.3 Å². The third-order valence-corrected chi connectivity index (χ3v) is 4.43. The molecule has 2 amide bonds. The van der Waals surface area contributed by atoms with Crippen LogP contribution in [0.3, 0.4) is 0 Å². The molecule has 2 aromatic rings. The number of H-pyrrole nitrogens is 1. The first kappa shape index (κ1) is 14.6. The second-order valence-electron chi connectivity index (χ2n) is 5.91. The predicted octanol–water partition coefficient (Wildman–Crippen LogP) is 2.14. The number of benzene rings is 1. The molecule has 1 saturated heterocycles. The number of amides is 2. The quantitative estimate of drug-likeness (QED) is 0.912. The van der Waals surface area contributed by atoms with Crippen LogP contribution >= 0.6 is 0 Å². The van der Waals surface area contributed by atoms with Gasteiger partial charge in [-0.15, -0.1) is 0 Å². The van der Waals surface area contributed by atoms with Crippen molar-refractivity contribution in [3.63, 3.8) is 0 Å². The van der Waals surface area contributed by atoms with Crippen LogP contribution < -0.4 is 5.32 Å². The van der Waals surface area contributed by atoms with E-state index in [-0.39, 0.29) is 18.4 Å². The SMILES string of the molecule is Cc1[nH]c2ccc(C(=O)NCC(=O)N3CCCC3)cc2c1C. The molecule has 2 heterocycles. The van der Waals surface area contributed by atoms with Crippen LogP contribution in [0, 0.1) is 13.8 Å². The fourth-order valence-corrected chi connectivity index (χ4v) is 2.94. The highest BCUT2D eigenvalue weighted by atomic mass is 16.2. The highest BCUT2D eigenvalue weighted by Crippen LogP contribution is 2.22. The number of rotatable bonds is 3. The zero-order valence-electron chi connectivity index (χ0n) is 13.0. The van der Waals surface area contributed by atoms with E-state index < -0.39 is 0 Å². The third kappa shape index (κ3) is 2.71. The smallest absolute Gasteiger partial charge is 0.251 e. The summed E-state index contributed by atoms with van der Waals surface area (Å²) in [6.45, 7) is 5.74. The Kier molecular flexibility index (Phi) is 3.88. The summed E-state index contributed by atoms with van der Waals surface area (Å²) in [5, 5.41) is 3.78. The minimum absolute atomic E-state index is 0.000553. The Morgan fingerprint density at radius 3 is 2.68 bits per heavy atom. The minimum atomic E-state index is -0.201. The molecular weight excluding hydrogens is 278 g/mol. The lowest BCUT2D eigenvalue weighted by Crippen LogP contribution is -2.38. The van der Waals surface area contributed by atoms with Gasteiger partial charge in [0.25, 0.3) is 5.91 Å². The summed E-state index contributed by atoms with van der Waals surface area (Å²) in [5.74, 6) is -0.201. The van der Waals surface area contributed by atoms with Crippen LogP contribution in [0.15, 0.2) is 18.2 Å². The first-order chi connectivity index (χ1) is 10.6. The van der Waals surface area contributed by atoms with E-state index in [1.807, 2.05) is 30.9 Å². The van der Waals surface area contributed by atoms with Gasteiger partial charge in [0, 0.05) is 35.2 Å². The Morgan fingerprint density at radius 1 is 1.23 bits per heavy atom. The van der Waals surface area contributed by atoms with Gasteiger partial charge in [0.05, 0.1) is 6.54 Å². The average Bonchev–Trinajstić information content (AvgIpc) is 3.14. The van der Waals surface area contributed by atoms with E-state index in [4.69, 9.17) is 0 Å². The van der Waals surface area contributed by atoms with E-state index in [9.17, 15) is 9.59 Å². The number of carbonyl (C=O) groups is 2. The molecule has 1 aromatic carbocycles. The van der Waals surface area contributed by atoms with E-state index in [0.29, 0.717) is 5.56 Å². The van der Waals surface area contributed by atoms with Crippen LogP contribution in [-0.4, -0.2) is 41.3 Å². The van der Waals surface area contributed by atoms with Crippen LogP contribution in [0.25, 0.3) is 10.9 Å². The summed E-state index contributed by atoms with van der Waals surface area (Å²) in [7, 11) is 0. The van der Waals surface area contributed by atoms with Crippen molar-refractivity contribution >= 4 is 22.7 Å². The lowest BCUT2D eigenvalue weighted by atomic mass is 10.1. The van der Waals surface area contributed by atoms with Gasteiger partial charge in [-0.1, -0.05) is 0 Å². The molecule has 1 aliphatic heterocycles. The summed E-state index contributed by atoms with van der Waals surface area (Å²) in [6.07, 6.45) is 2.12. The van der Waals surface area contributed by atoms with Gasteiger partial charge in [-0.2, -0.15) is 0 Å². The maximum atomic E-state index is 12.2. The maximum absolute atomic E-state index is 12.2. The molecule has 5 heteroatoms. The summed E-state index contributed by atoms with van der Waals surface area (Å²) in [5.41, 5.74) is 3.87. The fourth-order valence-electron chi connectivity index (χ4n) is 2.94. The summed E-state index contributed by atoms with van der Waals surface area (Å²) in [4.78, 5) is 29.3. The molecule has 0 saturated carbocycles. The number of fused-ring (bicyclic) bond motifs is 1. The highest BCUT2D eigenvalue weighted by molar-refractivity contribution is 6.00. The number of carbonyl (C=O) groups excluding carboxylic acids is 2. The molecule has 1 aliphatic rings. The number of aromatic nitrogens is 1. The maximum Gasteiger partial charge on any atom is 0.251 e. The second kappa shape index (κ2) is 5.83. The summed E-state index contributed by atoms with van der Waals surface area (Å²) >= 11 is 0. The predicted molar refractivity (Wildman–Crippen MR) is 85.9 cm³/mol. The normalized spacial score (nSPS) is 14.5. The van der Waals surface area contributed by atoms with E-state index >= 15 is 0 Å². The number of aryl methyl sites for hydroxylation is 2. The Balaban J connectivity index is 1.69. The van der Waals surface area contributed by atoms with Gasteiger partial charge >= 0.3 is 0 Å². The Hall–Kier alpha value is -2.30. The van der Waals surface area contributed by atoms with Crippen molar-refractivity contribution < 1.29 is 9.59 Å². The number of nitrogens with zero attached hydrogens (tertiary/aromatic N) is 1. The van der Waals surface area contributed by atoms with Gasteiger partial charge in [0.1, 0.15) is 0 Å². The number of hydrogen-bond acceptors (Lipinski definition) is 2. The molecule has 2 N–H and O–H groups in total. The van der Waals surface area contributed by atoms with Gasteiger partial charge in [-0.25, -0.2) is 0 Å². The Labute approximate surface area is 129 Å². The average molecular weight is 299 g/mol. The van der Waals surface area contributed by atoms with Gasteiger partial charge in [0.15, 0.2) is 0 Å². The lowest BCUT2D eigenvalue weighted by molar-refractivity contribution is -0.129. The van der Waals surface area contributed by atoms with Crippen molar-refractivity contribution in [3.8, 4) is 0 Å². The number of aromatic amines is 1. The van der Waals surface area contributed by atoms with Gasteiger partial charge < -0.3 is 15.2 Å². The lowest BCUT2D eigenvalue weighted by Gasteiger charge is -2.15. The van der Waals surface area contributed by atoms with Crippen LogP contribution in [0.1, 0.15) is 34.5 Å². The molecule has 5 nitrogen and oxygen atoms in total. The van der Waals surface area contributed by atoms with Crippen LogP contribution in [0.2, 0.25) is 0 Å². The molecule has 3 rings (SSSR count). The monoisotopic (exact) mass is 299 g/mol. The van der Waals surface area contributed by atoms with Crippen molar-refractivity contribution in [2.45, 2.75) is 26.7 Å². The Morgan fingerprint density at radius 2 is 1.95 bits per heavy atom. The standard InChI is InChI=1S/C17H21N3O2/c1-11-12(2)19-15-6-5-13(9-14(11)15)17(22)18-10-16(21)20-7-3-4-8-20/h5-6,9,19H,3-4,7-8,10H2,1-2H3,(H,18,22). The van der Waals surface area contributed by atoms with Crippen molar-refractivity contribution in [1.29, 1.82) is 0 Å². The second-order valence-corrected chi connectivity index (χ2v) is 5.91. The van der Waals surface area contributed by atoms with Crippen LogP contribution in [-0.2, 0) is 4.79 Å². The van der Waals surface area contributed by atoms with E-state index in [1.54, 1.807) is 6.07 Å². The molecule has 0 bridgehead atoms. The fraction of sp³-hybridized carbons (Fsp3) is 0.412. The van der Waals surface area contributed by atoms with Gasteiger partial charge in [0.2, 0.25) is 5.91 Å². The minimum Gasteiger partial charge on any atom is -0.358 e. The first-order valence-electron chi connectivity index (χ1n) is 7.71. The molecule has 1 fully saturated rings. The molecule has 0 radical (unpaired) electrons. The zero-order chi connectivity index (χ0) is 15.7.